The first-order valence-electron chi connectivity index (χ1n) is 36.7. The van der Waals surface area contributed by atoms with Crippen LogP contribution in [-0.4, -0.2) is 96.7 Å². The molecule has 0 radical (unpaired) electrons. The summed E-state index contributed by atoms with van der Waals surface area (Å²) in [6.45, 7) is 14.1. The van der Waals surface area contributed by atoms with Crippen molar-refractivity contribution < 1.29 is 80.2 Å². The lowest BCUT2D eigenvalue weighted by atomic mass is 9.99. The Bertz CT molecular complexity index is 1780. The van der Waals surface area contributed by atoms with Crippen LogP contribution in [0.2, 0.25) is 0 Å². The predicted octanol–water partition coefficient (Wildman–Crippen LogP) is 20.1. The van der Waals surface area contributed by atoms with Gasteiger partial charge in [0.2, 0.25) is 0 Å². The summed E-state index contributed by atoms with van der Waals surface area (Å²) in [5, 5.41) is 10.6. The van der Waals surface area contributed by atoms with E-state index in [0.717, 1.165) is 114 Å². The Morgan fingerprint density at radius 2 is 0.533 bits per heavy atom. The van der Waals surface area contributed by atoms with Crippen molar-refractivity contribution in [2.75, 3.05) is 39.6 Å². The number of aliphatic hydroxyl groups excluding tert-OH is 1. The van der Waals surface area contributed by atoms with Crippen molar-refractivity contribution in [2.45, 2.75) is 369 Å². The molecule has 0 spiro atoms. The van der Waals surface area contributed by atoms with Crippen LogP contribution in [0.4, 0.5) is 0 Å². The van der Waals surface area contributed by atoms with Crippen LogP contribution in [0.1, 0.15) is 351 Å². The fourth-order valence-corrected chi connectivity index (χ4v) is 12.2. The molecule has 0 bridgehead atoms. The van der Waals surface area contributed by atoms with Crippen LogP contribution < -0.4 is 0 Å². The van der Waals surface area contributed by atoms with Crippen molar-refractivity contribution >= 4 is 39.5 Å². The maximum Gasteiger partial charge on any atom is 0.472 e. The fourth-order valence-electron chi connectivity index (χ4n) is 10.6. The first-order chi connectivity index (χ1) is 43.1. The number of hydrogen-bond acceptors (Lipinski definition) is 15. The summed E-state index contributed by atoms with van der Waals surface area (Å²) in [6, 6.07) is 0. The van der Waals surface area contributed by atoms with Gasteiger partial charge in [0.15, 0.2) is 12.2 Å². The number of hydrogen-bond donors (Lipinski definition) is 3. The minimum absolute atomic E-state index is 0.103. The predicted molar refractivity (Wildman–Crippen MR) is 363 cm³/mol. The lowest BCUT2D eigenvalue weighted by Gasteiger charge is -2.21. The van der Waals surface area contributed by atoms with Gasteiger partial charge in [0, 0.05) is 25.7 Å². The van der Waals surface area contributed by atoms with Crippen molar-refractivity contribution in [3.05, 3.63) is 0 Å². The van der Waals surface area contributed by atoms with Gasteiger partial charge in [-0.05, 0) is 49.4 Å². The molecule has 0 amide bonds. The average Bonchev–Trinajstić information content (AvgIpc) is 3.70. The lowest BCUT2D eigenvalue weighted by molar-refractivity contribution is -0.161. The molecule has 0 aliphatic carbocycles. The van der Waals surface area contributed by atoms with E-state index in [1.807, 2.05) is 0 Å². The molecule has 19 heteroatoms. The van der Waals surface area contributed by atoms with Crippen LogP contribution in [0.15, 0.2) is 0 Å². The van der Waals surface area contributed by atoms with E-state index >= 15 is 0 Å². The van der Waals surface area contributed by atoms with Crippen LogP contribution in [0.25, 0.3) is 0 Å². The van der Waals surface area contributed by atoms with Gasteiger partial charge in [0.05, 0.1) is 26.4 Å². The molecule has 0 aromatic rings. The van der Waals surface area contributed by atoms with Gasteiger partial charge in [-0.25, -0.2) is 9.13 Å². The zero-order chi connectivity index (χ0) is 66.8. The highest BCUT2D eigenvalue weighted by molar-refractivity contribution is 7.47. The molecular formula is C71H138O17P2. The monoisotopic (exact) mass is 1320 g/mol. The van der Waals surface area contributed by atoms with E-state index in [9.17, 15) is 43.2 Å². The third-order valence-corrected chi connectivity index (χ3v) is 18.6. The summed E-state index contributed by atoms with van der Waals surface area (Å²) in [5.74, 6) is 0.890. The maximum atomic E-state index is 13.0. The molecule has 6 atom stereocenters. The molecular weight excluding hydrogens is 1190 g/mol. The highest BCUT2D eigenvalue weighted by Crippen LogP contribution is 2.45. The number of rotatable bonds is 68. The van der Waals surface area contributed by atoms with E-state index in [-0.39, 0.29) is 25.7 Å². The van der Waals surface area contributed by atoms with Crippen LogP contribution in [0.3, 0.4) is 0 Å². The first-order valence-corrected chi connectivity index (χ1v) is 39.7. The van der Waals surface area contributed by atoms with Crippen LogP contribution in [-0.2, 0) is 65.4 Å². The van der Waals surface area contributed by atoms with Crippen molar-refractivity contribution in [3.8, 4) is 0 Å². The molecule has 0 aromatic carbocycles. The summed E-state index contributed by atoms with van der Waals surface area (Å²) in [4.78, 5) is 72.6. The van der Waals surface area contributed by atoms with E-state index in [2.05, 4.69) is 55.4 Å². The molecule has 0 saturated heterocycles. The number of unbranched alkanes of at least 4 members (excludes halogenated alkanes) is 33. The number of esters is 4. The molecule has 90 heavy (non-hydrogen) atoms. The number of carbonyl (C=O) groups excluding carboxylic acids is 4. The average molecular weight is 1330 g/mol. The second-order valence-corrected chi connectivity index (χ2v) is 30.2. The van der Waals surface area contributed by atoms with Crippen molar-refractivity contribution in [2.24, 2.45) is 23.7 Å². The number of ether oxygens (including phenoxy) is 4. The Balaban J connectivity index is 5.27. The normalized spacial score (nSPS) is 14.6. The van der Waals surface area contributed by atoms with Gasteiger partial charge < -0.3 is 33.8 Å². The lowest BCUT2D eigenvalue weighted by Crippen LogP contribution is -2.30. The van der Waals surface area contributed by atoms with Crippen molar-refractivity contribution in [3.63, 3.8) is 0 Å². The Morgan fingerprint density at radius 1 is 0.311 bits per heavy atom. The van der Waals surface area contributed by atoms with E-state index in [1.165, 1.54) is 154 Å². The Hall–Kier alpha value is -1.94. The Kier molecular flexibility index (Phi) is 59.4. The summed E-state index contributed by atoms with van der Waals surface area (Å²) >= 11 is 0. The van der Waals surface area contributed by atoms with Crippen LogP contribution in [0.5, 0.6) is 0 Å². The zero-order valence-electron chi connectivity index (χ0n) is 58.8. The summed E-state index contributed by atoms with van der Waals surface area (Å²) in [6.07, 6.45) is 43.0. The van der Waals surface area contributed by atoms with E-state index in [4.69, 9.17) is 37.0 Å². The van der Waals surface area contributed by atoms with E-state index < -0.39 is 97.5 Å². The molecule has 0 rings (SSSR count). The number of carbonyl (C=O) groups is 4. The highest BCUT2D eigenvalue weighted by Gasteiger charge is 2.30. The second kappa shape index (κ2) is 60.7. The van der Waals surface area contributed by atoms with Gasteiger partial charge in [-0.15, -0.1) is 0 Å². The second-order valence-electron chi connectivity index (χ2n) is 27.3. The molecule has 0 aromatic heterocycles. The largest absolute Gasteiger partial charge is 0.472 e. The zero-order valence-corrected chi connectivity index (χ0v) is 60.6. The molecule has 0 aliphatic heterocycles. The topological polar surface area (TPSA) is 237 Å². The molecule has 17 nitrogen and oxygen atoms in total. The third kappa shape index (κ3) is 63.5. The Morgan fingerprint density at radius 3 is 0.789 bits per heavy atom. The molecule has 0 saturated carbocycles. The van der Waals surface area contributed by atoms with E-state index in [1.54, 1.807) is 0 Å². The number of phosphoric ester groups is 2. The SMILES string of the molecule is CCC(C)CCCCCCCCCCCCC(=O)OC[C@H](COP(=O)(O)OCC(O)COP(=O)(O)OC[C@@H](COC(=O)CCCCCCCCCCC(C)C)OC(=O)CCCCCCCCCCC(C)C)OC(=O)CCCCCCCCCCCCCC(C)C. The minimum Gasteiger partial charge on any atom is -0.462 e. The van der Waals surface area contributed by atoms with Gasteiger partial charge >= 0.3 is 39.5 Å². The van der Waals surface area contributed by atoms with Crippen molar-refractivity contribution in [1.82, 2.24) is 0 Å². The van der Waals surface area contributed by atoms with Crippen LogP contribution >= 0.6 is 15.6 Å². The van der Waals surface area contributed by atoms with E-state index in [0.29, 0.717) is 25.7 Å². The van der Waals surface area contributed by atoms with Gasteiger partial charge in [0.1, 0.15) is 19.3 Å². The summed E-state index contributed by atoms with van der Waals surface area (Å²) < 4.78 is 68.3. The quantitative estimate of drug-likeness (QED) is 0.0222. The highest BCUT2D eigenvalue weighted by atomic mass is 31.2. The molecule has 0 aliphatic rings. The summed E-state index contributed by atoms with van der Waals surface area (Å²) in [7, 11) is -9.90. The van der Waals surface area contributed by atoms with Crippen molar-refractivity contribution in [1.29, 1.82) is 0 Å². The molecule has 0 heterocycles. The number of phosphoric acid groups is 2. The Labute approximate surface area is 549 Å². The first kappa shape index (κ1) is 88.1. The standard InChI is InChI=1S/C71H138O17P2/c1-9-64(8)50-42-34-26-16-13-14-17-27-35-43-51-68(73)81-57-66(87-70(75)53-45-37-29-18-12-10-11-15-23-31-39-47-61(2)3)59-85-89(77,78)83-55-65(72)56-84-90(79,80)86-60-67(88-71(76)54-46-38-30-22-20-25-33-41-49-63(6)7)58-82-69(74)52-44-36-28-21-19-24-32-40-48-62(4)5/h61-67,72H,9-60H2,1-8H3,(H,77,78)(H,79,80)/t64?,65?,66-,67-/m1/s1. The fraction of sp³-hybridized carbons (Fsp3) is 0.944. The van der Waals surface area contributed by atoms with Gasteiger partial charge in [-0.3, -0.25) is 37.3 Å². The molecule has 4 unspecified atom stereocenters. The number of aliphatic hydroxyl groups is 1. The minimum atomic E-state index is -4.95. The van der Waals surface area contributed by atoms with Gasteiger partial charge in [0.25, 0.3) is 0 Å². The third-order valence-electron chi connectivity index (χ3n) is 16.7. The smallest absolute Gasteiger partial charge is 0.462 e. The molecule has 534 valence electrons. The molecule has 0 fully saturated rings. The van der Waals surface area contributed by atoms with Gasteiger partial charge in [-0.2, -0.15) is 0 Å². The molecule has 3 N–H and O–H groups in total. The summed E-state index contributed by atoms with van der Waals surface area (Å²) in [5.41, 5.74) is 0. The van der Waals surface area contributed by atoms with Crippen LogP contribution in [0, 0.1) is 23.7 Å². The maximum absolute atomic E-state index is 13.0. The van der Waals surface area contributed by atoms with Gasteiger partial charge in [-0.1, -0.05) is 299 Å².